The number of nitrogens with zero attached hydrogens (tertiary/aromatic N) is 1. The smallest absolute Gasteiger partial charge is 0.130 e. The van der Waals surface area contributed by atoms with Crippen molar-refractivity contribution < 1.29 is 10.2 Å². The number of hydrogen-bond acceptors (Lipinski definition) is 3. The van der Waals surface area contributed by atoms with Gasteiger partial charge in [-0.05, 0) is 47.6 Å². The van der Waals surface area contributed by atoms with Crippen LogP contribution in [0.2, 0.25) is 0 Å². The summed E-state index contributed by atoms with van der Waals surface area (Å²) in [7, 11) is 0. The van der Waals surface area contributed by atoms with Gasteiger partial charge in [-0.25, -0.2) is 0 Å². The zero-order valence-corrected chi connectivity index (χ0v) is 18.8. The molecule has 3 heteroatoms. The van der Waals surface area contributed by atoms with E-state index in [1.165, 1.54) is 0 Å². The lowest BCUT2D eigenvalue weighted by Gasteiger charge is -2.40. The zero-order chi connectivity index (χ0) is 22.1. The lowest BCUT2D eigenvalue weighted by Crippen LogP contribution is -2.48. The molecule has 1 aliphatic heterocycles. The van der Waals surface area contributed by atoms with E-state index >= 15 is 0 Å². The van der Waals surface area contributed by atoms with Gasteiger partial charge in [-0.1, -0.05) is 93.6 Å². The molecule has 1 fully saturated rings. The van der Waals surface area contributed by atoms with Crippen molar-refractivity contribution in [2.75, 3.05) is 6.54 Å². The summed E-state index contributed by atoms with van der Waals surface area (Å²) in [6.07, 6.45) is 1.93. The first kappa shape index (κ1) is 21.6. The first-order valence-corrected chi connectivity index (χ1v) is 11.2. The van der Waals surface area contributed by atoms with Crippen LogP contribution in [-0.4, -0.2) is 27.7 Å². The van der Waals surface area contributed by atoms with Crippen LogP contribution in [0.3, 0.4) is 0 Å². The fourth-order valence-corrected chi connectivity index (χ4v) is 4.81. The summed E-state index contributed by atoms with van der Waals surface area (Å²) in [4.78, 5) is 2.33. The summed E-state index contributed by atoms with van der Waals surface area (Å²) in [6.45, 7) is 7.96. The van der Waals surface area contributed by atoms with Crippen LogP contribution in [0.4, 0.5) is 0 Å². The maximum Gasteiger partial charge on any atom is 0.130 e. The maximum absolute atomic E-state index is 12.2. The van der Waals surface area contributed by atoms with Crippen molar-refractivity contribution in [2.45, 2.75) is 57.2 Å². The van der Waals surface area contributed by atoms with E-state index in [2.05, 4.69) is 31.7 Å². The Bertz CT molecular complexity index is 969. The van der Waals surface area contributed by atoms with Gasteiger partial charge >= 0.3 is 0 Å². The van der Waals surface area contributed by atoms with Crippen molar-refractivity contribution in [1.29, 1.82) is 0 Å². The van der Waals surface area contributed by atoms with Gasteiger partial charge in [0.15, 0.2) is 0 Å². The molecule has 0 radical (unpaired) electrons. The Hall–Kier alpha value is -2.62. The van der Waals surface area contributed by atoms with Crippen LogP contribution in [0.1, 0.15) is 55.9 Å². The molecule has 3 nitrogen and oxygen atoms in total. The van der Waals surface area contributed by atoms with E-state index in [0.29, 0.717) is 12.3 Å². The van der Waals surface area contributed by atoms with Gasteiger partial charge in [0.05, 0.1) is 0 Å². The van der Waals surface area contributed by atoms with Gasteiger partial charge in [0.2, 0.25) is 0 Å². The van der Waals surface area contributed by atoms with Gasteiger partial charge in [0.25, 0.3) is 0 Å². The van der Waals surface area contributed by atoms with Crippen molar-refractivity contribution in [3.05, 3.63) is 101 Å². The Morgan fingerprint density at radius 2 is 1.42 bits per heavy atom. The molecule has 0 amide bonds. The molecule has 1 heterocycles. The van der Waals surface area contributed by atoms with Gasteiger partial charge in [-0.2, -0.15) is 0 Å². The van der Waals surface area contributed by atoms with Crippen LogP contribution >= 0.6 is 0 Å². The standard InChI is InChI=1S/C28H33NO2/c1-27(2,3)24-17-16-21(25(30)19-24)20-29-18-10-15-26(29)28(31,22-11-6-4-7-12-22)23-13-8-5-9-14-23/h4-9,11-14,16-17,19,26,30-31H,10,15,18,20H2,1-3H3/t26-/m0/s1. The van der Waals surface area contributed by atoms with Crippen molar-refractivity contribution in [3.8, 4) is 5.75 Å². The summed E-state index contributed by atoms with van der Waals surface area (Å²) < 4.78 is 0. The molecule has 31 heavy (non-hydrogen) atoms. The minimum absolute atomic E-state index is 0.00688. The van der Waals surface area contributed by atoms with Crippen LogP contribution in [0.5, 0.6) is 5.75 Å². The number of phenolic OH excluding ortho intramolecular Hbond substituents is 1. The second-order valence-corrected chi connectivity index (χ2v) is 9.72. The third-order valence-corrected chi connectivity index (χ3v) is 6.60. The molecule has 1 saturated heterocycles. The molecule has 0 saturated carbocycles. The Labute approximate surface area is 186 Å². The molecule has 0 unspecified atom stereocenters. The average molecular weight is 416 g/mol. The number of rotatable bonds is 5. The molecule has 1 aliphatic rings. The predicted molar refractivity (Wildman–Crippen MR) is 126 cm³/mol. The Balaban J connectivity index is 1.69. The van der Waals surface area contributed by atoms with Crippen molar-refractivity contribution in [2.24, 2.45) is 0 Å². The van der Waals surface area contributed by atoms with E-state index in [1.807, 2.05) is 72.8 Å². The highest BCUT2D eigenvalue weighted by Crippen LogP contribution is 2.41. The van der Waals surface area contributed by atoms with E-state index in [1.54, 1.807) is 0 Å². The molecule has 0 bridgehead atoms. The minimum atomic E-state index is -1.11. The molecule has 2 N–H and O–H groups in total. The van der Waals surface area contributed by atoms with Gasteiger partial charge < -0.3 is 10.2 Å². The molecular weight excluding hydrogens is 382 g/mol. The maximum atomic E-state index is 12.2. The molecule has 1 atom stereocenters. The predicted octanol–water partition coefficient (Wildman–Crippen LogP) is 5.59. The number of likely N-dealkylation sites (tertiary alicyclic amines) is 1. The van der Waals surface area contributed by atoms with E-state index in [4.69, 9.17) is 0 Å². The second-order valence-electron chi connectivity index (χ2n) is 9.72. The van der Waals surface area contributed by atoms with Gasteiger partial charge in [-0.15, -0.1) is 0 Å². The lowest BCUT2D eigenvalue weighted by atomic mass is 9.79. The first-order valence-electron chi connectivity index (χ1n) is 11.2. The van der Waals surface area contributed by atoms with Crippen LogP contribution in [-0.2, 0) is 17.6 Å². The van der Waals surface area contributed by atoms with Crippen molar-refractivity contribution >= 4 is 0 Å². The molecule has 3 aromatic carbocycles. The summed E-state index contributed by atoms with van der Waals surface area (Å²) >= 11 is 0. The van der Waals surface area contributed by atoms with E-state index in [-0.39, 0.29) is 11.5 Å². The number of phenols is 1. The monoisotopic (exact) mass is 415 g/mol. The topological polar surface area (TPSA) is 43.7 Å². The third-order valence-electron chi connectivity index (χ3n) is 6.60. The van der Waals surface area contributed by atoms with Crippen molar-refractivity contribution in [1.82, 2.24) is 4.90 Å². The van der Waals surface area contributed by atoms with Crippen LogP contribution in [0, 0.1) is 0 Å². The number of benzene rings is 3. The number of aliphatic hydroxyl groups is 1. The third kappa shape index (κ3) is 4.26. The zero-order valence-electron chi connectivity index (χ0n) is 18.8. The highest BCUT2D eigenvalue weighted by Gasteiger charge is 2.45. The SMILES string of the molecule is CC(C)(C)c1ccc(CN2CCC[C@H]2C(O)(c2ccccc2)c2ccccc2)c(O)c1. The molecule has 3 aromatic rings. The van der Waals surface area contributed by atoms with E-state index in [9.17, 15) is 10.2 Å². The fourth-order valence-electron chi connectivity index (χ4n) is 4.81. The van der Waals surface area contributed by atoms with Crippen LogP contribution in [0.25, 0.3) is 0 Å². The minimum Gasteiger partial charge on any atom is -0.508 e. The first-order chi connectivity index (χ1) is 14.8. The second kappa shape index (κ2) is 8.49. The van der Waals surface area contributed by atoms with Gasteiger partial charge in [0.1, 0.15) is 11.4 Å². The Morgan fingerprint density at radius 1 is 0.839 bits per heavy atom. The Kier molecular flexibility index (Phi) is 5.92. The van der Waals surface area contributed by atoms with Crippen LogP contribution < -0.4 is 0 Å². The molecule has 0 aromatic heterocycles. The quantitative estimate of drug-likeness (QED) is 0.571. The molecular formula is C28H33NO2. The van der Waals surface area contributed by atoms with Gasteiger partial charge in [-0.3, -0.25) is 4.90 Å². The van der Waals surface area contributed by atoms with E-state index < -0.39 is 5.60 Å². The van der Waals surface area contributed by atoms with Gasteiger partial charge in [0, 0.05) is 18.2 Å². The molecule has 0 spiro atoms. The van der Waals surface area contributed by atoms with Crippen LogP contribution in [0.15, 0.2) is 78.9 Å². The molecule has 0 aliphatic carbocycles. The van der Waals surface area contributed by atoms with E-state index in [0.717, 1.165) is 41.6 Å². The lowest BCUT2D eigenvalue weighted by molar-refractivity contribution is -0.00672. The summed E-state index contributed by atoms with van der Waals surface area (Å²) in [6, 6.07) is 25.9. The highest BCUT2D eigenvalue weighted by molar-refractivity contribution is 5.41. The summed E-state index contributed by atoms with van der Waals surface area (Å²) in [5, 5.41) is 23.0. The number of aromatic hydroxyl groups is 1. The summed E-state index contributed by atoms with van der Waals surface area (Å²) in [5.74, 6) is 0.334. The molecule has 4 rings (SSSR count). The summed E-state index contributed by atoms with van der Waals surface area (Å²) in [5.41, 5.74) is 2.73. The number of hydrogen-bond donors (Lipinski definition) is 2. The normalized spacial score (nSPS) is 17.7. The fraction of sp³-hybridized carbons (Fsp3) is 0.357. The molecule has 162 valence electrons. The average Bonchev–Trinajstić information content (AvgIpc) is 3.24. The van der Waals surface area contributed by atoms with Crippen molar-refractivity contribution in [3.63, 3.8) is 0 Å². The largest absolute Gasteiger partial charge is 0.508 e. The highest BCUT2D eigenvalue weighted by atomic mass is 16.3. The Morgan fingerprint density at radius 3 is 1.94 bits per heavy atom.